The van der Waals surface area contributed by atoms with E-state index in [0.29, 0.717) is 13.1 Å². The fourth-order valence-corrected chi connectivity index (χ4v) is 5.74. The Morgan fingerprint density at radius 2 is 1.95 bits per heavy atom. The first-order chi connectivity index (χ1) is 10.5. The van der Waals surface area contributed by atoms with Crippen molar-refractivity contribution in [3.8, 4) is 0 Å². The van der Waals surface area contributed by atoms with Crippen LogP contribution in [-0.2, 0) is 10.0 Å². The van der Waals surface area contributed by atoms with Crippen molar-refractivity contribution in [2.24, 2.45) is 0 Å². The maximum Gasteiger partial charge on any atom is 0.217 e. The number of aromatic nitrogens is 1. The fourth-order valence-electron chi connectivity index (χ4n) is 3.65. The third-order valence-corrected chi connectivity index (χ3v) is 7.28. The predicted molar refractivity (Wildman–Crippen MR) is 88.6 cm³/mol. The zero-order chi connectivity index (χ0) is 15.7. The number of hydrogen-bond acceptors (Lipinski definition) is 4. The second kappa shape index (κ2) is 6.16. The van der Waals surface area contributed by atoms with Gasteiger partial charge in [0, 0.05) is 43.1 Å². The second-order valence-corrected chi connectivity index (χ2v) is 8.68. The van der Waals surface area contributed by atoms with Crippen molar-refractivity contribution in [3.05, 3.63) is 23.5 Å². The average molecular weight is 323 g/mol. The standard InChI is InChI=1S/C16H25N3O2S/c1-12-9-14(17-2)10-16(18-12)13-7-8-19(11-13)22(20,21)15-5-3-4-6-15/h9-10,13,15H,3-8,11H2,1-2H3,(H,17,18). The van der Waals surface area contributed by atoms with E-state index in [9.17, 15) is 8.42 Å². The van der Waals surface area contributed by atoms with Crippen LogP contribution in [0.2, 0.25) is 0 Å². The first kappa shape index (κ1) is 15.7. The molecule has 2 aliphatic rings. The number of rotatable bonds is 4. The Hall–Kier alpha value is -1.14. The highest BCUT2D eigenvalue weighted by molar-refractivity contribution is 7.89. The van der Waals surface area contributed by atoms with Gasteiger partial charge in [-0.3, -0.25) is 4.98 Å². The van der Waals surface area contributed by atoms with Crippen LogP contribution < -0.4 is 5.32 Å². The quantitative estimate of drug-likeness (QED) is 0.925. The van der Waals surface area contributed by atoms with Crippen molar-refractivity contribution in [3.63, 3.8) is 0 Å². The molecule has 2 fully saturated rings. The monoisotopic (exact) mass is 323 g/mol. The fraction of sp³-hybridized carbons (Fsp3) is 0.688. The zero-order valence-corrected chi connectivity index (χ0v) is 14.2. The predicted octanol–water partition coefficient (Wildman–Crippen LogP) is 2.49. The van der Waals surface area contributed by atoms with Crippen LogP contribution in [0.4, 0.5) is 5.69 Å². The van der Waals surface area contributed by atoms with Crippen LogP contribution in [0.25, 0.3) is 0 Å². The van der Waals surface area contributed by atoms with Crippen molar-refractivity contribution >= 4 is 15.7 Å². The molecule has 6 heteroatoms. The van der Waals surface area contributed by atoms with Crippen molar-refractivity contribution < 1.29 is 8.42 Å². The molecule has 5 nitrogen and oxygen atoms in total. The van der Waals surface area contributed by atoms with Gasteiger partial charge in [0.1, 0.15) is 0 Å². The Kier molecular flexibility index (Phi) is 4.41. The summed E-state index contributed by atoms with van der Waals surface area (Å²) in [6.07, 6.45) is 4.62. The molecule has 0 bridgehead atoms. The van der Waals surface area contributed by atoms with E-state index in [4.69, 9.17) is 0 Å². The molecule has 22 heavy (non-hydrogen) atoms. The van der Waals surface area contributed by atoms with Crippen molar-refractivity contribution in [1.29, 1.82) is 0 Å². The molecule has 0 spiro atoms. The molecular weight excluding hydrogens is 298 g/mol. The van der Waals surface area contributed by atoms with Crippen LogP contribution in [-0.4, -0.2) is 43.1 Å². The third-order valence-electron chi connectivity index (χ3n) is 4.91. The van der Waals surface area contributed by atoms with Crippen molar-refractivity contribution in [1.82, 2.24) is 9.29 Å². The van der Waals surface area contributed by atoms with Crippen LogP contribution in [0, 0.1) is 6.92 Å². The highest BCUT2D eigenvalue weighted by Crippen LogP contribution is 2.34. The van der Waals surface area contributed by atoms with Crippen LogP contribution >= 0.6 is 0 Å². The van der Waals surface area contributed by atoms with Gasteiger partial charge in [-0.2, -0.15) is 0 Å². The molecule has 0 aromatic carbocycles. The van der Waals surface area contributed by atoms with Crippen molar-refractivity contribution in [2.45, 2.75) is 50.2 Å². The first-order valence-electron chi connectivity index (χ1n) is 8.16. The van der Waals surface area contributed by atoms with E-state index in [1.165, 1.54) is 0 Å². The molecule has 1 atom stereocenters. The van der Waals surface area contributed by atoms with E-state index >= 15 is 0 Å². The molecular formula is C16H25N3O2S. The minimum atomic E-state index is -3.12. The van der Waals surface area contributed by atoms with E-state index < -0.39 is 10.0 Å². The third kappa shape index (κ3) is 2.99. The Balaban J connectivity index is 1.76. The number of nitrogens with one attached hydrogen (secondary N) is 1. The Morgan fingerprint density at radius 3 is 2.64 bits per heavy atom. The molecule has 2 heterocycles. The van der Waals surface area contributed by atoms with Crippen LogP contribution in [0.3, 0.4) is 0 Å². The normalized spacial score (nSPS) is 24.0. The van der Waals surface area contributed by atoms with Gasteiger partial charge >= 0.3 is 0 Å². The second-order valence-electron chi connectivity index (χ2n) is 6.47. The van der Waals surface area contributed by atoms with Crippen LogP contribution in [0.15, 0.2) is 12.1 Å². The largest absolute Gasteiger partial charge is 0.388 e. The molecule has 1 N–H and O–H groups in total. The average Bonchev–Trinajstić information content (AvgIpc) is 3.18. The molecule has 3 rings (SSSR count). The van der Waals surface area contributed by atoms with E-state index in [1.807, 2.05) is 26.1 Å². The topological polar surface area (TPSA) is 62.3 Å². The first-order valence-corrected chi connectivity index (χ1v) is 9.66. The van der Waals surface area contributed by atoms with Gasteiger partial charge in [-0.15, -0.1) is 0 Å². The number of anilines is 1. The summed E-state index contributed by atoms with van der Waals surface area (Å²) in [5.74, 6) is 0.211. The van der Waals surface area contributed by atoms with Crippen LogP contribution in [0.1, 0.15) is 49.4 Å². The van der Waals surface area contributed by atoms with Gasteiger partial charge in [-0.1, -0.05) is 12.8 Å². The molecule has 122 valence electrons. The highest BCUT2D eigenvalue weighted by atomic mass is 32.2. The summed E-state index contributed by atoms with van der Waals surface area (Å²) in [5.41, 5.74) is 3.02. The summed E-state index contributed by atoms with van der Waals surface area (Å²) in [6, 6.07) is 4.05. The van der Waals surface area contributed by atoms with Crippen LogP contribution in [0.5, 0.6) is 0 Å². The summed E-state index contributed by atoms with van der Waals surface area (Å²) < 4.78 is 27.1. The lowest BCUT2D eigenvalue weighted by Gasteiger charge is -2.21. The number of aryl methyl sites for hydroxylation is 1. The van der Waals surface area contributed by atoms with Gasteiger partial charge < -0.3 is 5.32 Å². The molecule has 1 saturated heterocycles. The molecule has 1 aliphatic heterocycles. The maximum atomic E-state index is 12.7. The lowest BCUT2D eigenvalue weighted by atomic mass is 10.0. The summed E-state index contributed by atoms with van der Waals surface area (Å²) >= 11 is 0. The molecule has 1 aliphatic carbocycles. The van der Waals surface area contributed by atoms with E-state index in [-0.39, 0.29) is 11.2 Å². The minimum absolute atomic E-state index is 0.149. The minimum Gasteiger partial charge on any atom is -0.388 e. The number of nitrogens with zero attached hydrogens (tertiary/aromatic N) is 2. The Morgan fingerprint density at radius 1 is 1.23 bits per heavy atom. The number of sulfonamides is 1. The molecule has 1 unspecified atom stereocenters. The van der Waals surface area contributed by atoms with Gasteiger partial charge in [0.05, 0.1) is 5.25 Å². The molecule has 0 amide bonds. The van der Waals surface area contributed by atoms with Gasteiger partial charge in [-0.25, -0.2) is 12.7 Å². The lowest BCUT2D eigenvalue weighted by molar-refractivity contribution is 0.460. The molecule has 1 saturated carbocycles. The molecule has 1 aromatic rings. The summed E-state index contributed by atoms with van der Waals surface area (Å²) in [6.45, 7) is 3.19. The Bertz CT molecular complexity index is 639. The zero-order valence-electron chi connectivity index (χ0n) is 13.4. The summed E-state index contributed by atoms with van der Waals surface area (Å²) in [5, 5.41) is 3.00. The SMILES string of the molecule is CNc1cc(C)nc(C2CCN(S(=O)(=O)C3CCCC3)C2)c1. The van der Waals surface area contributed by atoms with E-state index in [2.05, 4.69) is 10.3 Å². The summed E-state index contributed by atoms with van der Waals surface area (Å²) in [4.78, 5) is 4.62. The van der Waals surface area contributed by atoms with E-state index in [0.717, 1.165) is 49.2 Å². The number of pyridine rings is 1. The van der Waals surface area contributed by atoms with Gasteiger partial charge in [0.2, 0.25) is 10.0 Å². The lowest BCUT2D eigenvalue weighted by Crippen LogP contribution is -2.36. The molecule has 0 radical (unpaired) electrons. The highest BCUT2D eigenvalue weighted by Gasteiger charge is 2.38. The smallest absolute Gasteiger partial charge is 0.217 e. The van der Waals surface area contributed by atoms with Gasteiger partial charge in [-0.05, 0) is 38.3 Å². The number of hydrogen-bond donors (Lipinski definition) is 1. The maximum absolute atomic E-state index is 12.7. The Labute approximate surface area is 133 Å². The van der Waals surface area contributed by atoms with E-state index in [1.54, 1.807) is 4.31 Å². The van der Waals surface area contributed by atoms with Crippen molar-refractivity contribution in [2.75, 3.05) is 25.5 Å². The van der Waals surface area contributed by atoms with Gasteiger partial charge in [0.25, 0.3) is 0 Å². The summed E-state index contributed by atoms with van der Waals surface area (Å²) in [7, 11) is -1.22. The van der Waals surface area contributed by atoms with Gasteiger partial charge in [0.15, 0.2) is 0 Å². The molecule has 1 aromatic heterocycles.